The van der Waals surface area contributed by atoms with E-state index in [1.807, 2.05) is 0 Å². The molecule has 0 aliphatic carbocycles. The summed E-state index contributed by atoms with van der Waals surface area (Å²) in [6.07, 6.45) is 3.68. The smallest absolute Gasteiger partial charge is 0.256 e. The van der Waals surface area contributed by atoms with Crippen LogP contribution in [0.1, 0.15) is 30.1 Å². The van der Waals surface area contributed by atoms with Crippen molar-refractivity contribution in [1.82, 2.24) is 20.0 Å². The molecule has 3 N–H and O–H groups in total. The van der Waals surface area contributed by atoms with E-state index < -0.39 is 0 Å². The van der Waals surface area contributed by atoms with Crippen LogP contribution in [0.3, 0.4) is 0 Å². The highest BCUT2D eigenvalue weighted by atomic mass is 16.1. The predicted molar refractivity (Wildman–Crippen MR) is 70.2 cm³/mol. The van der Waals surface area contributed by atoms with E-state index in [-0.39, 0.29) is 11.9 Å². The number of rotatable bonds is 3. The lowest BCUT2D eigenvalue weighted by Gasteiger charge is -2.32. The van der Waals surface area contributed by atoms with Crippen LogP contribution < -0.4 is 11.1 Å². The third kappa shape index (κ3) is 2.64. The number of carbonyl (C=O) groups is 1. The molecular weight excluding hydrogens is 230 g/mol. The highest BCUT2D eigenvalue weighted by Crippen LogP contribution is 2.13. The van der Waals surface area contributed by atoms with E-state index >= 15 is 0 Å². The molecule has 1 amide bonds. The summed E-state index contributed by atoms with van der Waals surface area (Å²) >= 11 is 0. The van der Waals surface area contributed by atoms with Crippen molar-refractivity contribution >= 4 is 11.7 Å². The monoisotopic (exact) mass is 251 g/mol. The summed E-state index contributed by atoms with van der Waals surface area (Å²) in [7, 11) is 1.73. The number of piperidine rings is 1. The molecule has 1 aliphatic rings. The minimum absolute atomic E-state index is 0.122. The molecular formula is C12H21N5O. The van der Waals surface area contributed by atoms with Crippen LogP contribution in [0.2, 0.25) is 0 Å². The summed E-state index contributed by atoms with van der Waals surface area (Å²) in [4.78, 5) is 14.4. The molecule has 1 aliphatic heterocycles. The Bertz CT molecular complexity index is 428. The van der Waals surface area contributed by atoms with E-state index in [1.165, 1.54) is 10.9 Å². The van der Waals surface area contributed by atoms with Gasteiger partial charge in [0.2, 0.25) is 0 Å². The molecule has 18 heavy (non-hydrogen) atoms. The van der Waals surface area contributed by atoms with Gasteiger partial charge in [0.15, 0.2) is 0 Å². The Balaban J connectivity index is 1.97. The van der Waals surface area contributed by atoms with Gasteiger partial charge in [0, 0.05) is 19.6 Å². The molecule has 6 heteroatoms. The Morgan fingerprint density at radius 3 is 3.06 bits per heavy atom. The predicted octanol–water partition coefficient (Wildman–Crippen LogP) is 0.216. The number of nitrogens with one attached hydrogen (secondary N) is 1. The van der Waals surface area contributed by atoms with Crippen LogP contribution in [0.25, 0.3) is 0 Å². The van der Waals surface area contributed by atoms with Crippen molar-refractivity contribution in [2.75, 3.05) is 25.4 Å². The molecule has 0 radical (unpaired) electrons. The maximum absolute atomic E-state index is 12.1. The minimum atomic E-state index is -0.122. The van der Waals surface area contributed by atoms with Gasteiger partial charge in [-0.25, -0.2) is 0 Å². The van der Waals surface area contributed by atoms with Gasteiger partial charge in [-0.1, -0.05) is 6.92 Å². The minimum Gasteiger partial charge on any atom is -0.383 e. The van der Waals surface area contributed by atoms with Gasteiger partial charge in [0.05, 0.1) is 6.20 Å². The van der Waals surface area contributed by atoms with Crippen molar-refractivity contribution in [3.05, 3.63) is 11.8 Å². The van der Waals surface area contributed by atoms with E-state index in [9.17, 15) is 4.79 Å². The fraction of sp³-hybridized carbons (Fsp3) is 0.667. The zero-order chi connectivity index (χ0) is 13.1. The Hall–Kier alpha value is -1.56. The van der Waals surface area contributed by atoms with E-state index in [1.54, 1.807) is 7.05 Å². The number of nitrogen functional groups attached to an aromatic ring is 1. The second-order valence-corrected chi connectivity index (χ2v) is 4.77. The highest BCUT2D eigenvalue weighted by molar-refractivity contribution is 5.98. The standard InChI is InChI=1S/C12H21N5O/c1-3-17-6-4-5-9(8-17)15-12(18)10-7-14-16(2)11(10)13/h7,9H,3-6,8,13H2,1-2H3,(H,15,18). The largest absolute Gasteiger partial charge is 0.383 e. The highest BCUT2D eigenvalue weighted by Gasteiger charge is 2.22. The van der Waals surface area contributed by atoms with Crippen LogP contribution >= 0.6 is 0 Å². The van der Waals surface area contributed by atoms with Crippen molar-refractivity contribution < 1.29 is 4.79 Å². The van der Waals surface area contributed by atoms with Crippen molar-refractivity contribution in [2.24, 2.45) is 7.05 Å². The number of likely N-dealkylation sites (N-methyl/N-ethyl adjacent to an activating group) is 1. The number of amides is 1. The first-order valence-electron chi connectivity index (χ1n) is 6.42. The fourth-order valence-electron chi connectivity index (χ4n) is 2.35. The van der Waals surface area contributed by atoms with Crippen LogP contribution in [0.15, 0.2) is 6.20 Å². The molecule has 0 bridgehead atoms. The van der Waals surface area contributed by atoms with Gasteiger partial charge >= 0.3 is 0 Å². The van der Waals surface area contributed by atoms with Gasteiger partial charge in [0.25, 0.3) is 5.91 Å². The molecule has 0 spiro atoms. The molecule has 1 aromatic heterocycles. The molecule has 1 fully saturated rings. The Kier molecular flexibility index (Phi) is 3.86. The summed E-state index contributed by atoms with van der Waals surface area (Å²) in [5.41, 5.74) is 6.26. The fourth-order valence-corrected chi connectivity index (χ4v) is 2.35. The lowest BCUT2D eigenvalue weighted by Crippen LogP contribution is -2.47. The summed E-state index contributed by atoms with van der Waals surface area (Å²) in [6, 6.07) is 0.214. The van der Waals surface area contributed by atoms with Crippen molar-refractivity contribution in [3.8, 4) is 0 Å². The van der Waals surface area contributed by atoms with Gasteiger partial charge in [-0.15, -0.1) is 0 Å². The van der Waals surface area contributed by atoms with Crippen molar-refractivity contribution in [2.45, 2.75) is 25.8 Å². The molecule has 2 heterocycles. The molecule has 2 rings (SSSR count). The second-order valence-electron chi connectivity index (χ2n) is 4.77. The molecule has 100 valence electrons. The van der Waals surface area contributed by atoms with Gasteiger partial charge < -0.3 is 16.0 Å². The first kappa shape index (κ1) is 12.9. The van der Waals surface area contributed by atoms with Gasteiger partial charge in [-0.05, 0) is 25.9 Å². The third-order valence-electron chi connectivity index (χ3n) is 3.52. The lowest BCUT2D eigenvalue weighted by molar-refractivity contribution is 0.0906. The number of hydrogen-bond donors (Lipinski definition) is 2. The maximum atomic E-state index is 12.1. The van der Waals surface area contributed by atoms with E-state index in [4.69, 9.17) is 5.73 Å². The zero-order valence-corrected chi connectivity index (χ0v) is 11.0. The first-order valence-corrected chi connectivity index (χ1v) is 6.42. The van der Waals surface area contributed by atoms with Gasteiger partial charge in [-0.2, -0.15) is 5.10 Å². The second kappa shape index (κ2) is 5.39. The van der Waals surface area contributed by atoms with Gasteiger partial charge in [0.1, 0.15) is 11.4 Å². The van der Waals surface area contributed by atoms with Crippen LogP contribution in [0.5, 0.6) is 0 Å². The third-order valence-corrected chi connectivity index (χ3v) is 3.52. The zero-order valence-electron chi connectivity index (χ0n) is 11.0. The van der Waals surface area contributed by atoms with E-state index in [0.29, 0.717) is 11.4 Å². The summed E-state index contributed by atoms with van der Waals surface area (Å²) < 4.78 is 1.51. The normalized spacial score (nSPS) is 20.9. The Morgan fingerprint density at radius 2 is 2.44 bits per heavy atom. The number of hydrogen-bond acceptors (Lipinski definition) is 4. The first-order chi connectivity index (χ1) is 8.61. The van der Waals surface area contributed by atoms with Gasteiger partial charge in [-0.3, -0.25) is 9.48 Å². The van der Waals surface area contributed by atoms with E-state index in [2.05, 4.69) is 22.2 Å². The maximum Gasteiger partial charge on any atom is 0.256 e. The molecule has 6 nitrogen and oxygen atoms in total. The summed E-state index contributed by atoms with van der Waals surface area (Å²) in [6.45, 7) is 5.21. The molecule has 0 saturated carbocycles. The summed E-state index contributed by atoms with van der Waals surface area (Å²) in [5, 5.41) is 7.02. The number of likely N-dealkylation sites (tertiary alicyclic amines) is 1. The number of nitrogens with zero attached hydrogens (tertiary/aromatic N) is 3. The summed E-state index contributed by atoms with van der Waals surface area (Å²) in [5.74, 6) is 0.291. The lowest BCUT2D eigenvalue weighted by atomic mass is 10.1. The number of carbonyl (C=O) groups excluding carboxylic acids is 1. The molecule has 0 aromatic carbocycles. The molecule has 1 saturated heterocycles. The van der Waals surface area contributed by atoms with Crippen LogP contribution in [-0.4, -0.2) is 46.3 Å². The Labute approximate surface area is 107 Å². The number of anilines is 1. The quantitative estimate of drug-likeness (QED) is 0.805. The molecule has 1 aromatic rings. The number of nitrogens with two attached hydrogens (primary N) is 1. The van der Waals surface area contributed by atoms with Crippen LogP contribution in [-0.2, 0) is 7.05 Å². The van der Waals surface area contributed by atoms with Crippen LogP contribution in [0, 0.1) is 0 Å². The SMILES string of the molecule is CCN1CCCC(NC(=O)c2cnn(C)c2N)C1. The van der Waals surface area contributed by atoms with Crippen molar-refractivity contribution in [1.29, 1.82) is 0 Å². The average molecular weight is 251 g/mol. The Morgan fingerprint density at radius 1 is 1.67 bits per heavy atom. The van der Waals surface area contributed by atoms with Crippen molar-refractivity contribution in [3.63, 3.8) is 0 Å². The van der Waals surface area contributed by atoms with E-state index in [0.717, 1.165) is 32.5 Å². The topological polar surface area (TPSA) is 76.2 Å². The molecule has 1 atom stereocenters. The molecule has 1 unspecified atom stereocenters. The average Bonchev–Trinajstić information content (AvgIpc) is 2.70. The number of aryl methyl sites for hydroxylation is 1. The van der Waals surface area contributed by atoms with Crippen LogP contribution in [0.4, 0.5) is 5.82 Å². The number of aromatic nitrogens is 2.